The van der Waals surface area contributed by atoms with Crippen molar-refractivity contribution in [1.29, 1.82) is 0 Å². The Balaban J connectivity index is 1.41. The van der Waals surface area contributed by atoms with Gasteiger partial charge >= 0.3 is 0 Å². The summed E-state index contributed by atoms with van der Waals surface area (Å²) in [5, 5.41) is 3.29. The van der Waals surface area contributed by atoms with Crippen molar-refractivity contribution in [2.45, 2.75) is 45.3 Å². The summed E-state index contributed by atoms with van der Waals surface area (Å²) in [6.45, 7) is 8.18. The summed E-state index contributed by atoms with van der Waals surface area (Å²) < 4.78 is 6.01. The highest BCUT2D eigenvalue weighted by Crippen LogP contribution is 2.29. The van der Waals surface area contributed by atoms with E-state index in [0.717, 1.165) is 26.4 Å². The minimum atomic E-state index is -0.351. The Morgan fingerprint density at radius 1 is 1.18 bits per heavy atom. The Hall–Kier alpha value is -3.10. The summed E-state index contributed by atoms with van der Waals surface area (Å²) in [7, 11) is 0. The molecule has 0 aliphatic rings. The Labute approximate surface area is 206 Å². The number of carbonyl (C=O) groups is 1. The number of hydrogen-bond donors (Lipinski definition) is 2. The predicted molar refractivity (Wildman–Crippen MR) is 141 cm³/mol. The normalized spacial score (nSPS) is 12.0. The van der Waals surface area contributed by atoms with E-state index in [-0.39, 0.29) is 16.7 Å². The minimum Gasteiger partial charge on any atom is -0.487 e. The van der Waals surface area contributed by atoms with E-state index in [0.29, 0.717) is 35.0 Å². The summed E-state index contributed by atoms with van der Waals surface area (Å²) in [5.74, 6) is 1.51. The van der Waals surface area contributed by atoms with Gasteiger partial charge in [-0.15, -0.1) is 23.1 Å². The van der Waals surface area contributed by atoms with Gasteiger partial charge in [0.1, 0.15) is 23.0 Å². The van der Waals surface area contributed by atoms with Crippen molar-refractivity contribution in [2.75, 3.05) is 5.32 Å². The summed E-state index contributed by atoms with van der Waals surface area (Å²) in [6, 6.07) is 15.6. The maximum atomic E-state index is 12.9. The van der Waals surface area contributed by atoms with Crippen LogP contribution in [0.4, 0.5) is 5.69 Å². The van der Waals surface area contributed by atoms with Crippen LogP contribution >= 0.6 is 23.1 Å². The molecule has 1 atom stereocenters. The molecule has 8 heteroatoms. The fourth-order valence-electron chi connectivity index (χ4n) is 3.47. The van der Waals surface area contributed by atoms with E-state index >= 15 is 0 Å². The monoisotopic (exact) mass is 493 g/mol. The van der Waals surface area contributed by atoms with Crippen molar-refractivity contribution in [3.05, 3.63) is 86.3 Å². The van der Waals surface area contributed by atoms with Crippen LogP contribution in [0, 0.1) is 20.8 Å². The molecule has 4 rings (SSSR count). The van der Waals surface area contributed by atoms with Crippen LogP contribution in [-0.2, 0) is 17.2 Å². The van der Waals surface area contributed by atoms with Crippen molar-refractivity contribution < 1.29 is 9.53 Å². The van der Waals surface area contributed by atoms with E-state index in [1.807, 2.05) is 76.2 Å². The van der Waals surface area contributed by atoms with Gasteiger partial charge in [0.2, 0.25) is 5.91 Å². The number of fused-ring (bicyclic) bond motifs is 1. The molecule has 0 bridgehead atoms. The number of hydrogen-bond acceptors (Lipinski definition) is 6. The van der Waals surface area contributed by atoms with E-state index in [1.165, 1.54) is 23.1 Å². The number of H-pyrrole nitrogens is 1. The van der Waals surface area contributed by atoms with Crippen molar-refractivity contribution in [3.63, 3.8) is 0 Å². The number of aryl methyl sites for hydroxylation is 3. The molecule has 0 radical (unpaired) electrons. The van der Waals surface area contributed by atoms with Gasteiger partial charge in [-0.1, -0.05) is 36.4 Å². The smallest absolute Gasteiger partial charge is 0.259 e. The number of ether oxygens (including phenoxy) is 1. The molecule has 34 heavy (non-hydrogen) atoms. The maximum Gasteiger partial charge on any atom is 0.259 e. The van der Waals surface area contributed by atoms with E-state index in [1.54, 1.807) is 0 Å². The van der Waals surface area contributed by atoms with Crippen LogP contribution in [0.3, 0.4) is 0 Å². The molecule has 2 aromatic heterocycles. The van der Waals surface area contributed by atoms with Gasteiger partial charge < -0.3 is 15.0 Å². The van der Waals surface area contributed by atoms with Gasteiger partial charge in [-0.2, -0.15) is 0 Å². The first-order chi connectivity index (χ1) is 16.3. The topological polar surface area (TPSA) is 84.1 Å². The van der Waals surface area contributed by atoms with Gasteiger partial charge in [-0.25, -0.2) is 4.98 Å². The SMILES string of the molecule is Cc1ccc(NC(=O)C(C)SCc2nc3sc(C)c(C)c3c(=O)[nH]2)c(OCc2ccccc2)c1. The molecule has 0 spiro atoms. The third-order valence-electron chi connectivity index (χ3n) is 5.56. The second-order valence-corrected chi connectivity index (χ2v) is 10.7. The Kier molecular flexibility index (Phi) is 7.38. The lowest BCUT2D eigenvalue weighted by Gasteiger charge is -2.16. The average molecular weight is 494 g/mol. The summed E-state index contributed by atoms with van der Waals surface area (Å²) in [5.41, 5.74) is 3.59. The molecular weight excluding hydrogens is 466 g/mol. The number of aromatic amines is 1. The lowest BCUT2D eigenvalue weighted by molar-refractivity contribution is -0.115. The van der Waals surface area contributed by atoms with Gasteiger partial charge in [0.15, 0.2) is 0 Å². The number of rotatable bonds is 8. The molecule has 0 aliphatic carbocycles. The first-order valence-corrected chi connectivity index (χ1v) is 12.9. The molecule has 2 heterocycles. The largest absolute Gasteiger partial charge is 0.487 e. The molecule has 0 saturated heterocycles. The van der Waals surface area contributed by atoms with Crippen LogP contribution in [-0.4, -0.2) is 21.1 Å². The highest BCUT2D eigenvalue weighted by Gasteiger charge is 2.18. The van der Waals surface area contributed by atoms with Gasteiger partial charge in [0.05, 0.1) is 22.1 Å². The highest BCUT2D eigenvalue weighted by molar-refractivity contribution is 7.99. The van der Waals surface area contributed by atoms with Gasteiger partial charge in [0.25, 0.3) is 5.56 Å². The molecule has 1 unspecified atom stereocenters. The molecular formula is C26H27N3O3S2. The van der Waals surface area contributed by atoms with Gasteiger partial charge in [0, 0.05) is 4.88 Å². The van der Waals surface area contributed by atoms with Crippen LogP contribution in [0.25, 0.3) is 10.2 Å². The van der Waals surface area contributed by atoms with E-state index in [2.05, 4.69) is 15.3 Å². The second kappa shape index (κ2) is 10.4. The number of benzene rings is 2. The number of nitrogens with one attached hydrogen (secondary N) is 2. The molecule has 0 fully saturated rings. The highest BCUT2D eigenvalue weighted by atomic mass is 32.2. The second-order valence-electron chi connectivity index (χ2n) is 8.19. The number of carbonyl (C=O) groups excluding carboxylic acids is 1. The quantitative estimate of drug-likeness (QED) is 0.327. The van der Waals surface area contributed by atoms with Crippen molar-refractivity contribution in [1.82, 2.24) is 9.97 Å². The lowest BCUT2D eigenvalue weighted by Crippen LogP contribution is -2.23. The van der Waals surface area contributed by atoms with Crippen LogP contribution in [0.15, 0.2) is 53.3 Å². The number of nitrogens with zero attached hydrogens (tertiary/aromatic N) is 1. The van der Waals surface area contributed by atoms with Gasteiger partial charge in [-0.3, -0.25) is 9.59 Å². The number of aromatic nitrogens is 2. The third-order valence-corrected chi connectivity index (χ3v) is 7.81. The van der Waals surface area contributed by atoms with Crippen LogP contribution < -0.4 is 15.6 Å². The van der Waals surface area contributed by atoms with Crippen molar-refractivity contribution in [3.8, 4) is 5.75 Å². The van der Waals surface area contributed by atoms with Crippen LogP contribution in [0.2, 0.25) is 0 Å². The summed E-state index contributed by atoms with van der Waals surface area (Å²) in [6.07, 6.45) is 0. The molecule has 0 saturated carbocycles. The Morgan fingerprint density at radius 3 is 2.71 bits per heavy atom. The number of amides is 1. The maximum absolute atomic E-state index is 12.9. The average Bonchev–Trinajstić information content (AvgIpc) is 3.11. The first-order valence-electron chi connectivity index (χ1n) is 11.0. The molecule has 1 amide bonds. The predicted octanol–water partition coefficient (Wildman–Crippen LogP) is 5.75. The standard InChI is InChI=1S/C26H27N3O3S2/c1-15-10-11-20(21(12-15)32-13-19-8-6-5-7-9-19)27-24(30)18(4)33-14-22-28-25(31)23-16(2)17(3)34-26(23)29-22/h5-12,18H,13-14H2,1-4H3,(H,27,30)(H,28,29,31). The van der Waals surface area contributed by atoms with E-state index < -0.39 is 0 Å². The summed E-state index contributed by atoms with van der Waals surface area (Å²) >= 11 is 2.95. The first kappa shape index (κ1) is 24.0. The van der Waals surface area contributed by atoms with Crippen molar-refractivity contribution >= 4 is 44.9 Å². The third kappa shape index (κ3) is 5.51. The molecule has 6 nitrogen and oxygen atoms in total. The number of thiophene rings is 1. The van der Waals surface area contributed by atoms with Crippen LogP contribution in [0.1, 0.15) is 34.3 Å². The van der Waals surface area contributed by atoms with Gasteiger partial charge in [-0.05, 0) is 56.5 Å². The zero-order valence-corrected chi connectivity index (χ0v) is 21.2. The number of anilines is 1. The molecule has 176 valence electrons. The molecule has 2 aromatic carbocycles. The lowest BCUT2D eigenvalue weighted by atomic mass is 10.2. The molecule has 2 N–H and O–H groups in total. The fraction of sp³-hybridized carbons (Fsp3) is 0.269. The molecule has 4 aromatic rings. The zero-order chi connectivity index (χ0) is 24.2. The van der Waals surface area contributed by atoms with Crippen molar-refractivity contribution in [2.24, 2.45) is 0 Å². The number of thioether (sulfide) groups is 1. The van der Waals surface area contributed by atoms with Crippen LogP contribution in [0.5, 0.6) is 5.75 Å². The van der Waals surface area contributed by atoms with E-state index in [4.69, 9.17) is 4.74 Å². The summed E-state index contributed by atoms with van der Waals surface area (Å²) in [4.78, 5) is 34.7. The Bertz CT molecular complexity index is 1380. The Morgan fingerprint density at radius 2 is 1.94 bits per heavy atom. The van der Waals surface area contributed by atoms with E-state index in [9.17, 15) is 9.59 Å². The fourth-order valence-corrected chi connectivity index (χ4v) is 5.27. The molecule has 0 aliphatic heterocycles. The minimum absolute atomic E-state index is 0.126. The zero-order valence-electron chi connectivity index (χ0n) is 19.6.